The van der Waals surface area contributed by atoms with Gasteiger partial charge in [0, 0.05) is 11.6 Å². The molecule has 5 heteroatoms. The molecule has 0 aliphatic rings. The highest BCUT2D eigenvalue weighted by Crippen LogP contribution is 2.22. The van der Waals surface area contributed by atoms with Crippen molar-refractivity contribution in [3.63, 3.8) is 0 Å². The van der Waals surface area contributed by atoms with Crippen molar-refractivity contribution in [1.29, 1.82) is 0 Å². The van der Waals surface area contributed by atoms with Gasteiger partial charge in [0.05, 0.1) is 19.6 Å². The van der Waals surface area contributed by atoms with Gasteiger partial charge in [-0.05, 0) is 36.8 Å². The molecule has 1 heterocycles. The molecule has 0 radical (unpaired) electrons. The largest absolute Gasteiger partial charge is 0.494 e. The van der Waals surface area contributed by atoms with Crippen LogP contribution in [0, 0.1) is 11.8 Å². The number of benzene rings is 2. The molecule has 0 atom stereocenters. The first-order chi connectivity index (χ1) is 13.8. The van der Waals surface area contributed by atoms with E-state index in [-0.39, 0.29) is 19.1 Å². The van der Waals surface area contributed by atoms with Gasteiger partial charge in [0.2, 0.25) is 5.91 Å². The maximum Gasteiger partial charge on any atom is 0.225 e. The van der Waals surface area contributed by atoms with E-state index in [9.17, 15) is 4.79 Å². The fourth-order valence-electron chi connectivity index (χ4n) is 2.68. The van der Waals surface area contributed by atoms with E-state index in [1.807, 2.05) is 61.5 Å². The quantitative estimate of drug-likeness (QED) is 0.644. The molecule has 3 rings (SSSR count). The second-order valence-corrected chi connectivity index (χ2v) is 6.00. The molecule has 0 aliphatic heterocycles. The number of hydrogen-bond donors (Lipinski definition) is 1. The van der Waals surface area contributed by atoms with Gasteiger partial charge in [0.25, 0.3) is 0 Å². The van der Waals surface area contributed by atoms with Gasteiger partial charge >= 0.3 is 0 Å². The summed E-state index contributed by atoms with van der Waals surface area (Å²) in [6.45, 7) is 3.09. The zero-order chi connectivity index (χ0) is 19.6. The van der Waals surface area contributed by atoms with Gasteiger partial charge in [-0.3, -0.25) is 9.78 Å². The maximum absolute atomic E-state index is 12.0. The number of carbonyl (C=O) groups excluding carboxylic acids is 1. The van der Waals surface area contributed by atoms with Gasteiger partial charge in [-0.15, -0.1) is 0 Å². The summed E-state index contributed by atoms with van der Waals surface area (Å²) in [5, 5.41) is 3.81. The van der Waals surface area contributed by atoms with Crippen molar-refractivity contribution in [1.82, 2.24) is 10.3 Å². The Morgan fingerprint density at radius 3 is 2.68 bits per heavy atom. The molecule has 0 bridgehead atoms. The number of ether oxygens (including phenoxy) is 2. The molecular weight excluding hydrogens is 352 g/mol. The van der Waals surface area contributed by atoms with Gasteiger partial charge in [-0.1, -0.05) is 42.2 Å². The number of nitrogens with zero attached hydrogens (tertiary/aromatic N) is 1. The summed E-state index contributed by atoms with van der Waals surface area (Å²) in [6.07, 6.45) is 2.05. The molecule has 28 heavy (non-hydrogen) atoms. The molecule has 0 saturated heterocycles. The third-order valence-electron chi connectivity index (χ3n) is 3.99. The molecule has 1 amide bonds. The summed E-state index contributed by atoms with van der Waals surface area (Å²) in [5.74, 6) is 7.24. The van der Waals surface area contributed by atoms with Gasteiger partial charge in [0.15, 0.2) is 0 Å². The first-order valence-electron chi connectivity index (χ1n) is 9.17. The van der Waals surface area contributed by atoms with Crippen molar-refractivity contribution in [3.8, 4) is 23.3 Å². The number of para-hydroxylation sites is 1. The van der Waals surface area contributed by atoms with Crippen molar-refractivity contribution >= 4 is 16.8 Å². The van der Waals surface area contributed by atoms with Gasteiger partial charge in [-0.25, -0.2) is 0 Å². The van der Waals surface area contributed by atoms with Crippen molar-refractivity contribution in [2.24, 2.45) is 0 Å². The Labute approximate surface area is 164 Å². The molecule has 142 valence electrons. The van der Waals surface area contributed by atoms with E-state index < -0.39 is 0 Å². The maximum atomic E-state index is 12.0. The van der Waals surface area contributed by atoms with Gasteiger partial charge in [-0.2, -0.15) is 0 Å². The van der Waals surface area contributed by atoms with Crippen LogP contribution < -0.4 is 14.8 Å². The molecule has 0 spiro atoms. The second kappa shape index (κ2) is 9.98. The lowest BCUT2D eigenvalue weighted by atomic mass is 10.1. The Morgan fingerprint density at radius 1 is 1.04 bits per heavy atom. The lowest BCUT2D eigenvalue weighted by Gasteiger charge is -2.05. The number of carbonyl (C=O) groups is 1. The molecule has 0 saturated carbocycles. The molecular formula is C23H22N2O3. The molecule has 5 nitrogen and oxygen atoms in total. The fourth-order valence-corrected chi connectivity index (χ4v) is 2.68. The fraction of sp³-hybridized carbons (Fsp3) is 0.217. The third-order valence-corrected chi connectivity index (χ3v) is 3.99. The molecule has 0 aliphatic carbocycles. The van der Waals surface area contributed by atoms with E-state index >= 15 is 0 Å². The number of hydrogen-bond acceptors (Lipinski definition) is 4. The number of pyridine rings is 1. The van der Waals surface area contributed by atoms with Crippen LogP contribution in [-0.2, 0) is 11.2 Å². The Kier molecular flexibility index (Phi) is 6.86. The summed E-state index contributed by atoms with van der Waals surface area (Å²) < 4.78 is 11.1. The predicted molar refractivity (Wildman–Crippen MR) is 109 cm³/mol. The predicted octanol–water partition coefficient (Wildman–Crippen LogP) is 3.37. The molecule has 1 N–H and O–H groups in total. The Bertz CT molecular complexity index is 983. The van der Waals surface area contributed by atoms with Crippen LogP contribution >= 0.6 is 0 Å². The highest BCUT2D eigenvalue weighted by molar-refractivity contribution is 5.84. The zero-order valence-electron chi connectivity index (χ0n) is 15.8. The van der Waals surface area contributed by atoms with Crippen molar-refractivity contribution in [3.05, 3.63) is 66.4 Å². The molecule has 0 unspecified atom stereocenters. The topological polar surface area (TPSA) is 60.5 Å². The number of nitrogens with one attached hydrogen (secondary N) is 1. The van der Waals surface area contributed by atoms with Crippen LogP contribution in [0.2, 0.25) is 0 Å². The van der Waals surface area contributed by atoms with E-state index in [1.54, 1.807) is 6.20 Å². The first-order valence-corrected chi connectivity index (χ1v) is 9.17. The van der Waals surface area contributed by atoms with E-state index in [4.69, 9.17) is 9.47 Å². The standard InChI is InChI=1S/C23H22N2O3/c1-2-27-20-12-10-18(11-13-20)17-22(26)24-14-3-4-16-28-21-9-5-7-19-8-6-15-25-23(19)21/h5-13,15H,2,14,16-17H2,1H3,(H,24,26). The smallest absolute Gasteiger partial charge is 0.225 e. The summed E-state index contributed by atoms with van der Waals surface area (Å²) in [7, 11) is 0. The Morgan fingerprint density at radius 2 is 1.86 bits per heavy atom. The molecule has 3 aromatic rings. The number of aromatic nitrogens is 1. The minimum atomic E-state index is -0.0716. The van der Waals surface area contributed by atoms with Crippen molar-refractivity contribution in [2.75, 3.05) is 19.8 Å². The lowest BCUT2D eigenvalue weighted by Crippen LogP contribution is -2.25. The van der Waals surface area contributed by atoms with Crippen molar-refractivity contribution in [2.45, 2.75) is 13.3 Å². The summed E-state index contributed by atoms with van der Waals surface area (Å²) in [5.41, 5.74) is 1.75. The SMILES string of the molecule is CCOc1ccc(CC(=O)NCC#CCOc2cccc3cccnc23)cc1. The summed E-state index contributed by atoms with van der Waals surface area (Å²) in [6, 6.07) is 17.2. The van der Waals surface area contributed by atoms with E-state index in [0.717, 1.165) is 22.2 Å². The Balaban J connectivity index is 1.41. The van der Waals surface area contributed by atoms with Crippen LogP contribution in [-0.4, -0.2) is 30.6 Å². The van der Waals surface area contributed by atoms with Crippen LogP contribution in [0.1, 0.15) is 12.5 Å². The van der Waals surface area contributed by atoms with Gasteiger partial charge in [0.1, 0.15) is 23.6 Å². The highest BCUT2D eigenvalue weighted by atomic mass is 16.5. The van der Waals surface area contributed by atoms with Gasteiger partial charge < -0.3 is 14.8 Å². The monoisotopic (exact) mass is 374 g/mol. The van der Waals surface area contributed by atoms with Crippen LogP contribution in [0.3, 0.4) is 0 Å². The van der Waals surface area contributed by atoms with Crippen LogP contribution in [0.4, 0.5) is 0 Å². The van der Waals surface area contributed by atoms with Crippen LogP contribution in [0.5, 0.6) is 11.5 Å². The first kappa shape index (κ1) is 19.2. The van der Waals surface area contributed by atoms with E-state index in [2.05, 4.69) is 22.1 Å². The lowest BCUT2D eigenvalue weighted by molar-refractivity contribution is -0.120. The number of rotatable bonds is 7. The zero-order valence-corrected chi connectivity index (χ0v) is 15.8. The van der Waals surface area contributed by atoms with Crippen molar-refractivity contribution < 1.29 is 14.3 Å². The average Bonchev–Trinajstić information content (AvgIpc) is 2.72. The molecule has 0 fully saturated rings. The Hall–Kier alpha value is -3.52. The molecule has 2 aromatic carbocycles. The summed E-state index contributed by atoms with van der Waals surface area (Å²) >= 11 is 0. The minimum absolute atomic E-state index is 0.0716. The minimum Gasteiger partial charge on any atom is -0.494 e. The highest BCUT2D eigenvalue weighted by Gasteiger charge is 2.03. The van der Waals surface area contributed by atoms with E-state index in [1.165, 1.54) is 0 Å². The number of fused-ring (bicyclic) bond motifs is 1. The normalized spacial score (nSPS) is 10.0. The molecule has 1 aromatic heterocycles. The van der Waals surface area contributed by atoms with Crippen LogP contribution in [0.15, 0.2) is 60.8 Å². The summed E-state index contributed by atoms with van der Waals surface area (Å²) in [4.78, 5) is 16.3. The average molecular weight is 374 g/mol. The third kappa shape index (κ3) is 5.49. The second-order valence-electron chi connectivity index (χ2n) is 6.00. The number of amides is 1. The van der Waals surface area contributed by atoms with Crippen LogP contribution in [0.25, 0.3) is 10.9 Å². The van der Waals surface area contributed by atoms with E-state index in [0.29, 0.717) is 18.8 Å².